The molecule has 0 saturated carbocycles. The molecular weight excluding hydrogens is 1020 g/mol. The molecule has 0 aromatic heterocycles. The van der Waals surface area contributed by atoms with E-state index >= 15 is 0 Å². The Morgan fingerprint density at radius 1 is 0.253 bits per heavy atom. The van der Waals surface area contributed by atoms with Gasteiger partial charge in [0.25, 0.3) is 0 Å². The van der Waals surface area contributed by atoms with E-state index < -0.39 is 6.10 Å². The summed E-state index contributed by atoms with van der Waals surface area (Å²) in [5, 5.41) is 0. The van der Waals surface area contributed by atoms with Gasteiger partial charge in [0, 0.05) is 19.3 Å². The quantitative estimate of drug-likeness (QED) is 0.0261. The van der Waals surface area contributed by atoms with Crippen LogP contribution < -0.4 is 0 Å². The summed E-state index contributed by atoms with van der Waals surface area (Å²) in [5.41, 5.74) is 0. The minimum absolute atomic E-state index is 0.0845. The minimum Gasteiger partial charge on any atom is -0.462 e. The molecule has 0 saturated heterocycles. The second-order valence-corrected chi connectivity index (χ2v) is 23.0. The molecular formula is C77H130O6. The zero-order valence-corrected chi connectivity index (χ0v) is 54.4. The first kappa shape index (κ1) is 78.8. The topological polar surface area (TPSA) is 78.9 Å². The Kier molecular flexibility index (Phi) is 66.7. The maximum Gasteiger partial charge on any atom is 0.306 e. The molecule has 1 atom stereocenters. The van der Waals surface area contributed by atoms with Crippen molar-refractivity contribution in [1.82, 2.24) is 0 Å². The van der Waals surface area contributed by atoms with Gasteiger partial charge >= 0.3 is 17.9 Å². The van der Waals surface area contributed by atoms with Crippen LogP contribution in [0.2, 0.25) is 0 Å². The molecule has 0 rings (SSSR count). The number of esters is 3. The fraction of sp³-hybridized carbons (Fsp3) is 0.701. The molecule has 0 spiro atoms. The molecule has 0 bridgehead atoms. The summed E-state index contributed by atoms with van der Waals surface area (Å²) >= 11 is 0. The van der Waals surface area contributed by atoms with Gasteiger partial charge in [0.2, 0.25) is 0 Å². The van der Waals surface area contributed by atoms with Crippen LogP contribution in [-0.2, 0) is 28.6 Å². The molecule has 0 fully saturated rings. The minimum atomic E-state index is -0.790. The van der Waals surface area contributed by atoms with Gasteiger partial charge in [0.15, 0.2) is 6.10 Å². The van der Waals surface area contributed by atoms with Crippen molar-refractivity contribution in [3.63, 3.8) is 0 Å². The lowest BCUT2D eigenvalue weighted by Crippen LogP contribution is -2.30. The van der Waals surface area contributed by atoms with E-state index in [2.05, 4.69) is 142 Å². The van der Waals surface area contributed by atoms with E-state index in [1.54, 1.807) is 0 Å². The van der Waals surface area contributed by atoms with Crippen LogP contribution in [0, 0.1) is 0 Å². The van der Waals surface area contributed by atoms with Gasteiger partial charge in [-0.05, 0) is 128 Å². The number of carbonyl (C=O) groups excluding carboxylic acids is 3. The highest BCUT2D eigenvalue weighted by Crippen LogP contribution is 2.17. The summed E-state index contributed by atoms with van der Waals surface area (Å²) in [5.74, 6) is -0.892. The monoisotopic (exact) mass is 1150 g/mol. The van der Waals surface area contributed by atoms with E-state index in [0.29, 0.717) is 19.3 Å². The molecule has 1 unspecified atom stereocenters. The second-order valence-electron chi connectivity index (χ2n) is 23.0. The lowest BCUT2D eigenvalue weighted by molar-refractivity contribution is -0.167. The number of allylic oxidation sites excluding steroid dienone is 20. The van der Waals surface area contributed by atoms with Gasteiger partial charge in [-0.2, -0.15) is 0 Å². The maximum absolute atomic E-state index is 12.9. The van der Waals surface area contributed by atoms with Crippen LogP contribution in [0.5, 0.6) is 0 Å². The van der Waals surface area contributed by atoms with Crippen LogP contribution in [-0.4, -0.2) is 37.2 Å². The zero-order valence-electron chi connectivity index (χ0n) is 54.4. The molecule has 0 heterocycles. The Bertz CT molecular complexity index is 1700. The van der Waals surface area contributed by atoms with Crippen molar-refractivity contribution in [2.75, 3.05) is 13.2 Å². The lowest BCUT2D eigenvalue weighted by atomic mass is 10.0. The maximum atomic E-state index is 12.9. The van der Waals surface area contributed by atoms with Crippen molar-refractivity contribution in [1.29, 1.82) is 0 Å². The third kappa shape index (κ3) is 68.5. The predicted octanol–water partition coefficient (Wildman–Crippen LogP) is 24.3. The molecule has 0 amide bonds. The third-order valence-corrected chi connectivity index (χ3v) is 14.9. The summed E-state index contributed by atoms with van der Waals surface area (Å²) in [6.45, 7) is 6.42. The first-order valence-corrected chi connectivity index (χ1v) is 35.0. The van der Waals surface area contributed by atoms with E-state index in [-0.39, 0.29) is 31.1 Å². The van der Waals surface area contributed by atoms with E-state index in [0.717, 1.165) is 128 Å². The first-order valence-electron chi connectivity index (χ1n) is 35.0. The normalized spacial score (nSPS) is 12.9. The van der Waals surface area contributed by atoms with E-state index in [9.17, 15) is 14.4 Å². The summed E-state index contributed by atoms with van der Waals surface area (Å²) in [6, 6.07) is 0. The first-order chi connectivity index (χ1) is 41.0. The number of rotatable bonds is 63. The van der Waals surface area contributed by atoms with Crippen LogP contribution >= 0.6 is 0 Å². The number of hydrogen-bond acceptors (Lipinski definition) is 6. The highest BCUT2D eigenvalue weighted by Gasteiger charge is 2.19. The Morgan fingerprint density at radius 2 is 0.470 bits per heavy atom. The summed E-state index contributed by atoms with van der Waals surface area (Å²) in [7, 11) is 0. The molecule has 0 aromatic rings. The van der Waals surface area contributed by atoms with Crippen molar-refractivity contribution < 1.29 is 28.6 Å². The van der Waals surface area contributed by atoms with Gasteiger partial charge in [0.1, 0.15) is 13.2 Å². The van der Waals surface area contributed by atoms with Crippen molar-refractivity contribution in [3.8, 4) is 0 Å². The van der Waals surface area contributed by atoms with Gasteiger partial charge < -0.3 is 14.2 Å². The van der Waals surface area contributed by atoms with Gasteiger partial charge in [0.05, 0.1) is 0 Å². The average Bonchev–Trinajstić information content (AvgIpc) is 3.49. The Hall–Kier alpha value is -4.19. The van der Waals surface area contributed by atoms with Crippen molar-refractivity contribution in [3.05, 3.63) is 122 Å². The molecule has 0 aliphatic heterocycles. The number of carbonyl (C=O) groups is 3. The molecule has 0 aromatic carbocycles. The Morgan fingerprint density at radius 3 is 0.747 bits per heavy atom. The zero-order chi connectivity index (χ0) is 59.9. The van der Waals surface area contributed by atoms with Crippen LogP contribution in [0.3, 0.4) is 0 Å². The standard InChI is InChI=1S/C77H130O6/c1-4-7-10-13-16-19-22-25-28-30-31-32-33-34-35-36-37-38-39-40-41-42-43-44-45-47-49-52-55-58-61-64-67-70-76(79)82-73-74(72-81-75(78)69-66-63-60-57-54-51-48-27-24-21-18-15-12-9-6-3)83-77(80)71-68-65-62-59-56-53-50-46-29-26-23-20-17-14-11-8-5-2/h7-8,10-11,16-17,19-20,25-29,31-32,34-35,37-38,48,74H,4-6,9,12-15,18,21-24,30,33,36,39-47,49-73H2,1-3H3/b10-7-,11-8-,19-16-,20-17-,28-25-,29-26-,32-31-,35-34-,38-37-,48-27-. The van der Waals surface area contributed by atoms with Crippen molar-refractivity contribution in [2.45, 2.75) is 335 Å². The van der Waals surface area contributed by atoms with Gasteiger partial charge in [-0.15, -0.1) is 0 Å². The SMILES string of the molecule is CC/C=C\C/C=C\C/C=C\C/C=C\C/C=C\C/C=C\CCCCCCCCCCCCCCCCC(=O)OCC(COC(=O)CCCCCCC/C=C\CCCCCCCC)OC(=O)CCCCCCCCC/C=C\C/C=C\C/C=C\CC. The number of hydrogen-bond donors (Lipinski definition) is 0. The Labute approximate surface area is 513 Å². The van der Waals surface area contributed by atoms with Gasteiger partial charge in [-0.1, -0.05) is 303 Å². The number of unbranched alkanes of at least 4 members (excludes halogenated alkanes) is 32. The molecule has 83 heavy (non-hydrogen) atoms. The van der Waals surface area contributed by atoms with Crippen LogP contribution in [0.4, 0.5) is 0 Å². The molecule has 474 valence electrons. The smallest absolute Gasteiger partial charge is 0.306 e. The summed E-state index contributed by atoms with van der Waals surface area (Å²) in [4.78, 5) is 38.4. The second kappa shape index (κ2) is 70.3. The highest BCUT2D eigenvalue weighted by atomic mass is 16.6. The fourth-order valence-electron chi connectivity index (χ4n) is 9.75. The largest absolute Gasteiger partial charge is 0.462 e. The summed E-state index contributed by atoms with van der Waals surface area (Å²) < 4.78 is 17.0. The van der Waals surface area contributed by atoms with E-state index in [1.165, 1.54) is 161 Å². The average molecular weight is 1150 g/mol. The van der Waals surface area contributed by atoms with Crippen LogP contribution in [0.1, 0.15) is 329 Å². The number of ether oxygens (including phenoxy) is 3. The lowest BCUT2D eigenvalue weighted by Gasteiger charge is -2.18. The van der Waals surface area contributed by atoms with Crippen LogP contribution in [0.25, 0.3) is 0 Å². The molecule has 0 N–H and O–H groups in total. The molecule has 0 radical (unpaired) electrons. The molecule has 0 aliphatic carbocycles. The fourth-order valence-corrected chi connectivity index (χ4v) is 9.75. The van der Waals surface area contributed by atoms with E-state index in [4.69, 9.17) is 14.2 Å². The van der Waals surface area contributed by atoms with Crippen molar-refractivity contribution in [2.24, 2.45) is 0 Å². The van der Waals surface area contributed by atoms with E-state index in [1.807, 2.05) is 0 Å². The Balaban J connectivity index is 4.25. The summed E-state index contributed by atoms with van der Waals surface area (Å²) in [6.07, 6.45) is 97.9. The molecule has 0 aliphatic rings. The van der Waals surface area contributed by atoms with Crippen LogP contribution in [0.15, 0.2) is 122 Å². The van der Waals surface area contributed by atoms with Crippen molar-refractivity contribution >= 4 is 17.9 Å². The highest BCUT2D eigenvalue weighted by molar-refractivity contribution is 5.71. The molecule has 6 nitrogen and oxygen atoms in total. The predicted molar refractivity (Wildman–Crippen MR) is 362 cm³/mol. The van der Waals surface area contributed by atoms with Gasteiger partial charge in [-0.3, -0.25) is 14.4 Å². The van der Waals surface area contributed by atoms with Gasteiger partial charge in [-0.25, -0.2) is 0 Å². The molecule has 6 heteroatoms. The third-order valence-electron chi connectivity index (χ3n) is 14.9.